The first-order valence-corrected chi connectivity index (χ1v) is 39.9. The van der Waals surface area contributed by atoms with Crippen LogP contribution in [-0.4, -0.2) is 230 Å². The molecule has 6 saturated heterocycles. The summed E-state index contributed by atoms with van der Waals surface area (Å²) in [6.45, 7) is 33.5. The van der Waals surface area contributed by atoms with Gasteiger partial charge in [0.2, 0.25) is 53.2 Å². The van der Waals surface area contributed by atoms with Crippen LogP contribution in [0.15, 0.2) is 0 Å². The first-order valence-electron chi connectivity index (χ1n) is 38.0. The van der Waals surface area contributed by atoms with Crippen LogP contribution in [0, 0.1) is 120 Å². The SMILES string of the molecule is C.C.C.CC(C)(C)[C@H](NC(=O)C(F)(F)F)C(=O)N1C[C@H]2[C@@H]([C@H]1C(=O)N[C@@H](C#N)C[C@@H]1CCNC1=O)C2(C)C.CC(C)(C)[C@H](NC(=O)C(F)(F)F)C(=O)N1C[C@H]2[C@@H]([C@H]1C(=O)N[C@H](C#N)C[C@@H]1CCNC1=O)C2(C)C.CC(C)(C)[C@H](NC(=O)C(F)(F)F)C(=O)N1C[C@H]2[C@@H]([C@H]1C(=O)N[C@H](C#N)C[C@@H]1CCNC1=O)C2(C)C.COC(C)(C)C.CS(=O)(=O)O. The minimum absolute atomic E-state index is 0. The van der Waals surface area contributed by atoms with Gasteiger partial charge in [-0.25, -0.2) is 0 Å². The predicted molar refractivity (Wildman–Crippen MR) is 415 cm³/mol. The fourth-order valence-electron chi connectivity index (χ4n) is 16.2. The number of rotatable bonds is 18. The van der Waals surface area contributed by atoms with E-state index >= 15 is 0 Å². The van der Waals surface area contributed by atoms with Crippen LogP contribution < -0.4 is 47.9 Å². The largest absolute Gasteiger partial charge is 0.471 e. The number of alkyl halides is 9. The lowest BCUT2D eigenvalue weighted by Crippen LogP contribution is -2.61. The molecule has 0 radical (unpaired) electrons. The quantitative estimate of drug-likeness (QED) is 0.0544. The Hall–Kier alpha value is -8.65. The van der Waals surface area contributed by atoms with E-state index in [-0.39, 0.29) is 136 Å². The molecule has 9 fully saturated rings. The summed E-state index contributed by atoms with van der Waals surface area (Å²) in [5.41, 5.74) is -3.94. The number of nitrogens with one attached hydrogen (secondary N) is 9. The maximum absolute atomic E-state index is 13.5. The number of nitrogens with zero attached hydrogens (tertiary/aromatic N) is 6. The average Bonchev–Trinajstić information content (AvgIpc) is 1.54. The molecule has 9 rings (SSSR count). The molecule has 31 nitrogen and oxygen atoms in total. The van der Waals surface area contributed by atoms with E-state index in [0.717, 1.165) is 0 Å². The summed E-state index contributed by atoms with van der Waals surface area (Å²) in [4.78, 5) is 155. The van der Waals surface area contributed by atoms with E-state index in [1.54, 1.807) is 23.1 Å². The molecule has 9 aliphatic rings. The lowest BCUT2D eigenvalue weighted by Gasteiger charge is -2.37. The predicted octanol–water partition coefficient (Wildman–Crippen LogP) is 6.14. The van der Waals surface area contributed by atoms with Gasteiger partial charge in [0.25, 0.3) is 10.1 Å². The van der Waals surface area contributed by atoms with Crippen molar-refractivity contribution in [2.45, 2.75) is 264 Å². The van der Waals surface area contributed by atoms with Crippen molar-refractivity contribution in [2.24, 2.45) is 85.8 Å². The number of carbonyl (C=O) groups is 12. The van der Waals surface area contributed by atoms with Crippen molar-refractivity contribution in [3.63, 3.8) is 0 Å². The van der Waals surface area contributed by atoms with Gasteiger partial charge in [0.1, 0.15) is 54.4 Å². The van der Waals surface area contributed by atoms with E-state index in [9.17, 15) is 121 Å². The maximum atomic E-state index is 13.5. The molecule has 0 aromatic heterocycles. The van der Waals surface area contributed by atoms with Crippen LogP contribution in [-0.2, 0) is 72.4 Å². The number of fused-ring (bicyclic) bond motifs is 3. The molecule has 0 aromatic carbocycles. The zero-order valence-corrected chi connectivity index (χ0v) is 69.8. The molecule has 12 amide bonds. The standard InChI is InChI=1S/3C23H32F3N5O4.C5H12O.CH4O3S.3CH4/c3*1-21(2,3)16(30-20(35)23(24,25)26)19(34)31-10-13-14(22(13,4)5)15(31)18(33)29-12(9-27)8-11-6-7-28-17(11)32;1-5(2,3)6-4;1-5(2,3)4;;;/h3*11-16H,6-8,10H2,1-5H3,(H,28,32)(H,29,33)(H,30,35);1-4H3;1H3,(H,2,3,4);3*1H4/t11-,12+,13-,14-,15-,16+;2*11-,12-,13-,14-,15-,16+;;;;;/m000...../s1. The van der Waals surface area contributed by atoms with Gasteiger partial charge in [-0.15, -0.1) is 0 Å². The van der Waals surface area contributed by atoms with Crippen LogP contribution in [0.2, 0.25) is 0 Å². The minimum atomic E-state index is -5.16. The Morgan fingerprint density at radius 2 is 0.647 bits per heavy atom. The van der Waals surface area contributed by atoms with Gasteiger partial charge in [-0.1, -0.05) is 126 Å². The van der Waals surface area contributed by atoms with Gasteiger partial charge >= 0.3 is 36.3 Å². The second-order valence-corrected chi connectivity index (χ2v) is 38.6. The first-order chi connectivity index (χ1) is 52.5. The van der Waals surface area contributed by atoms with Crippen LogP contribution in [0.4, 0.5) is 39.5 Å². The number of likely N-dealkylation sites (tertiary alicyclic amines) is 3. The van der Waals surface area contributed by atoms with Crippen molar-refractivity contribution in [2.75, 3.05) is 52.6 Å². The zero-order chi connectivity index (χ0) is 89.2. The highest BCUT2D eigenvalue weighted by molar-refractivity contribution is 7.85. The molecule has 10 N–H and O–H groups in total. The summed E-state index contributed by atoms with van der Waals surface area (Å²) >= 11 is 0. The van der Waals surface area contributed by atoms with Gasteiger partial charge in [0, 0.05) is 64.1 Å². The number of piperidine rings is 3. The van der Waals surface area contributed by atoms with Gasteiger partial charge in [-0.2, -0.15) is 63.7 Å². The smallest absolute Gasteiger partial charge is 0.379 e. The highest BCUT2D eigenvalue weighted by Crippen LogP contribution is 2.67. The van der Waals surface area contributed by atoms with E-state index in [1.165, 1.54) is 77.0 Å². The van der Waals surface area contributed by atoms with Crippen molar-refractivity contribution in [1.82, 2.24) is 62.6 Å². The molecule has 0 spiro atoms. The lowest BCUT2D eigenvalue weighted by atomic mass is 9.85. The number of ether oxygens (including phenoxy) is 1. The third-order valence-corrected chi connectivity index (χ3v) is 23.3. The Morgan fingerprint density at radius 3 is 0.790 bits per heavy atom. The van der Waals surface area contributed by atoms with E-state index in [0.29, 0.717) is 45.2 Å². The lowest BCUT2D eigenvalue weighted by molar-refractivity contribution is -0.176. The molecule has 6 heterocycles. The molecular weight excluding hydrogens is 1610 g/mol. The second-order valence-electron chi connectivity index (χ2n) is 37.1. The number of hydrogen-bond donors (Lipinski definition) is 10. The molecule has 676 valence electrons. The van der Waals surface area contributed by atoms with Crippen LogP contribution in [0.25, 0.3) is 0 Å². The van der Waals surface area contributed by atoms with E-state index < -0.39 is 170 Å². The van der Waals surface area contributed by atoms with Crippen molar-refractivity contribution in [3.05, 3.63) is 0 Å². The minimum Gasteiger partial charge on any atom is -0.379 e. The summed E-state index contributed by atoms with van der Waals surface area (Å²) < 4.78 is 147. The summed E-state index contributed by atoms with van der Waals surface area (Å²) in [5, 5.41) is 50.0. The maximum Gasteiger partial charge on any atom is 0.471 e. The summed E-state index contributed by atoms with van der Waals surface area (Å²) in [7, 11) is -1.96. The van der Waals surface area contributed by atoms with Crippen LogP contribution >= 0.6 is 0 Å². The van der Waals surface area contributed by atoms with Crippen molar-refractivity contribution < 1.29 is 115 Å². The summed E-state index contributed by atoms with van der Waals surface area (Å²) in [5.74, 6) is -13.4. The van der Waals surface area contributed by atoms with E-state index in [2.05, 4.69) is 31.9 Å². The molecule has 3 aliphatic carbocycles. The number of carbonyl (C=O) groups excluding carboxylic acids is 12. The number of methoxy groups -OCH3 is 1. The Bertz CT molecular complexity index is 3610. The van der Waals surface area contributed by atoms with E-state index in [4.69, 9.17) is 9.29 Å². The fourth-order valence-corrected chi connectivity index (χ4v) is 16.2. The fraction of sp³-hybridized carbons (Fsp3) is 0.808. The zero-order valence-electron chi connectivity index (χ0n) is 68.9. The Morgan fingerprint density at radius 1 is 0.454 bits per heavy atom. The van der Waals surface area contributed by atoms with Crippen molar-refractivity contribution in [1.29, 1.82) is 15.8 Å². The molecule has 0 aromatic rings. The normalized spacial score (nSPS) is 26.6. The first kappa shape index (κ1) is 106. The van der Waals surface area contributed by atoms with Gasteiger partial charge in [-0.05, 0) is 127 Å². The molecule has 6 aliphatic heterocycles. The van der Waals surface area contributed by atoms with Crippen LogP contribution in [0.5, 0.6) is 0 Å². The number of nitriles is 3. The summed E-state index contributed by atoms with van der Waals surface area (Å²) in [6.07, 6.45) is -12.8. The molecule has 41 heteroatoms. The van der Waals surface area contributed by atoms with Crippen molar-refractivity contribution in [3.8, 4) is 18.2 Å². The van der Waals surface area contributed by atoms with Gasteiger partial charge in [-0.3, -0.25) is 62.1 Å². The van der Waals surface area contributed by atoms with Crippen molar-refractivity contribution >= 4 is 81.0 Å². The van der Waals surface area contributed by atoms with Gasteiger partial charge in [0.15, 0.2) is 0 Å². The number of halogens is 9. The monoisotopic (exact) mass is 1730 g/mol. The van der Waals surface area contributed by atoms with Gasteiger partial charge in [0.05, 0.1) is 30.1 Å². The Labute approximate surface area is 691 Å². The third-order valence-electron chi connectivity index (χ3n) is 23.3. The molecule has 119 heavy (non-hydrogen) atoms. The average molecular weight is 1730 g/mol. The second kappa shape index (κ2) is 39.0. The molecule has 0 unspecified atom stereocenters. The molecule has 3 saturated carbocycles. The molecule has 0 bridgehead atoms. The Kier molecular flexibility index (Phi) is 34.9. The highest BCUT2D eigenvalue weighted by atomic mass is 32.2. The molecule has 18 atom stereocenters. The Balaban J connectivity index is 0.000000560. The number of hydrogen-bond acceptors (Lipinski definition) is 18. The highest BCUT2D eigenvalue weighted by Gasteiger charge is 2.73. The van der Waals surface area contributed by atoms with Crippen LogP contribution in [0.1, 0.15) is 185 Å². The van der Waals surface area contributed by atoms with Gasteiger partial charge < -0.3 is 67.3 Å². The van der Waals surface area contributed by atoms with Crippen LogP contribution in [0.3, 0.4) is 0 Å². The van der Waals surface area contributed by atoms with E-state index in [1.807, 2.05) is 80.5 Å². The summed E-state index contributed by atoms with van der Waals surface area (Å²) in [6, 6.07) is -4.44. The topological polar surface area (TPSA) is 458 Å². The third kappa shape index (κ3) is 26.9. The molecular formula is C78H124F9N15O16S. The number of amides is 12.